The summed E-state index contributed by atoms with van der Waals surface area (Å²) in [6.45, 7) is 9.82. The first-order valence-electron chi connectivity index (χ1n) is 7.29. The fraction of sp³-hybridized carbons (Fsp3) is 0.562. The van der Waals surface area contributed by atoms with Gasteiger partial charge in [0, 0.05) is 38.1 Å². The molecule has 1 aromatic rings. The molecule has 0 spiro atoms. The van der Waals surface area contributed by atoms with E-state index in [9.17, 15) is 4.79 Å². The van der Waals surface area contributed by atoms with Crippen LogP contribution in [-0.2, 0) is 10.3 Å². The van der Waals surface area contributed by atoms with Crippen LogP contribution in [0.25, 0.3) is 0 Å². The Morgan fingerprint density at radius 3 is 2.29 bits per heavy atom. The summed E-state index contributed by atoms with van der Waals surface area (Å²) < 4.78 is 0. The smallest absolute Gasteiger partial charge is 0.304 e. The number of nitrogens with zero attached hydrogens (tertiary/aromatic N) is 2. The zero-order valence-corrected chi connectivity index (χ0v) is 13.0. The summed E-state index contributed by atoms with van der Waals surface area (Å²) >= 11 is 0. The van der Waals surface area contributed by atoms with E-state index in [0.717, 1.165) is 32.7 Å². The number of piperazine rings is 1. The lowest BCUT2D eigenvalue weighted by Crippen LogP contribution is -2.48. The van der Waals surface area contributed by atoms with Gasteiger partial charge >= 0.3 is 5.97 Å². The number of hydrogen-bond acceptors (Lipinski definition) is 5. The molecule has 1 aliphatic rings. The van der Waals surface area contributed by atoms with Crippen LogP contribution in [0.4, 0.5) is 0 Å². The molecule has 1 N–H and O–H groups in total. The summed E-state index contributed by atoms with van der Waals surface area (Å²) in [6, 6.07) is 7.25. The van der Waals surface area contributed by atoms with Crippen molar-refractivity contribution >= 4 is 5.97 Å². The van der Waals surface area contributed by atoms with E-state index < -0.39 is 5.97 Å². The van der Waals surface area contributed by atoms with Crippen molar-refractivity contribution in [2.75, 3.05) is 39.8 Å². The van der Waals surface area contributed by atoms with Crippen LogP contribution < -0.4 is 0 Å². The molecule has 1 aliphatic heterocycles. The second-order valence-corrected chi connectivity index (χ2v) is 6.42. The highest BCUT2D eigenvalue weighted by molar-refractivity contribution is 5.88. The largest absolute Gasteiger partial charge is 0.372 e. The van der Waals surface area contributed by atoms with Crippen LogP contribution in [0.2, 0.25) is 0 Å². The third kappa shape index (κ3) is 4.03. The highest BCUT2D eigenvalue weighted by Crippen LogP contribution is 2.25. The van der Waals surface area contributed by atoms with E-state index in [4.69, 9.17) is 5.26 Å². The lowest BCUT2D eigenvalue weighted by Gasteiger charge is -2.38. The highest BCUT2D eigenvalue weighted by atomic mass is 17.1. The SMILES string of the molecule is CN1CCN(CC(C)(C)c2ccc(C(=O)OO)cc2)CC1. The molecule has 0 aromatic heterocycles. The van der Waals surface area contributed by atoms with Crippen LogP contribution in [0.15, 0.2) is 24.3 Å². The lowest BCUT2D eigenvalue weighted by atomic mass is 9.83. The van der Waals surface area contributed by atoms with Crippen molar-refractivity contribution in [3.63, 3.8) is 0 Å². The van der Waals surface area contributed by atoms with Crippen molar-refractivity contribution in [3.8, 4) is 0 Å². The molecule has 1 aromatic carbocycles. The minimum atomic E-state index is -0.724. The van der Waals surface area contributed by atoms with Gasteiger partial charge in [-0.25, -0.2) is 4.79 Å². The Morgan fingerprint density at radius 2 is 1.76 bits per heavy atom. The summed E-state index contributed by atoms with van der Waals surface area (Å²) in [6.07, 6.45) is 0. The molecule has 2 rings (SSSR count). The molecule has 0 amide bonds. The number of rotatable bonds is 4. The van der Waals surface area contributed by atoms with E-state index in [1.807, 2.05) is 12.1 Å². The normalized spacial score (nSPS) is 17.7. The Balaban J connectivity index is 2.03. The number of likely N-dealkylation sites (N-methyl/N-ethyl adjacent to an activating group) is 1. The highest BCUT2D eigenvalue weighted by Gasteiger charge is 2.26. The van der Waals surface area contributed by atoms with E-state index in [0.29, 0.717) is 5.56 Å². The van der Waals surface area contributed by atoms with Crippen molar-refractivity contribution in [1.29, 1.82) is 0 Å². The van der Waals surface area contributed by atoms with E-state index in [-0.39, 0.29) is 5.41 Å². The van der Waals surface area contributed by atoms with Crippen molar-refractivity contribution < 1.29 is 14.9 Å². The predicted octanol–water partition coefficient (Wildman–Crippen LogP) is 1.84. The molecule has 0 bridgehead atoms. The molecule has 0 aliphatic carbocycles. The quantitative estimate of drug-likeness (QED) is 0.678. The summed E-state index contributed by atoms with van der Waals surface area (Å²) in [4.78, 5) is 19.8. The number of hydrogen-bond donors (Lipinski definition) is 1. The fourth-order valence-electron chi connectivity index (χ4n) is 2.77. The van der Waals surface area contributed by atoms with Gasteiger partial charge in [0.2, 0.25) is 0 Å². The fourth-order valence-corrected chi connectivity index (χ4v) is 2.77. The molecule has 1 saturated heterocycles. The molecule has 0 radical (unpaired) electrons. The second kappa shape index (κ2) is 6.56. The van der Waals surface area contributed by atoms with Gasteiger partial charge < -0.3 is 4.90 Å². The second-order valence-electron chi connectivity index (χ2n) is 6.42. The van der Waals surface area contributed by atoms with Crippen LogP contribution in [-0.4, -0.2) is 60.8 Å². The van der Waals surface area contributed by atoms with Gasteiger partial charge in [0.05, 0.1) is 5.56 Å². The van der Waals surface area contributed by atoms with Crippen LogP contribution >= 0.6 is 0 Å². The van der Waals surface area contributed by atoms with Crippen LogP contribution in [0, 0.1) is 0 Å². The first-order valence-corrected chi connectivity index (χ1v) is 7.29. The Labute approximate surface area is 126 Å². The molecule has 5 heteroatoms. The lowest BCUT2D eigenvalue weighted by molar-refractivity contribution is -0.182. The predicted molar refractivity (Wildman–Crippen MR) is 81.4 cm³/mol. The third-order valence-corrected chi connectivity index (χ3v) is 4.20. The first-order chi connectivity index (χ1) is 9.92. The van der Waals surface area contributed by atoms with Crippen molar-refractivity contribution in [1.82, 2.24) is 9.80 Å². The summed E-state index contributed by atoms with van der Waals surface area (Å²) in [5.41, 5.74) is 1.55. The standard InChI is InChI=1S/C16H24N2O3/c1-16(2,12-18-10-8-17(3)9-11-18)14-6-4-13(5-7-14)15(19)21-20/h4-7,20H,8-12H2,1-3H3. The topological polar surface area (TPSA) is 53.0 Å². The van der Waals surface area contributed by atoms with Gasteiger partial charge in [-0.05, 0) is 24.7 Å². The molecule has 0 unspecified atom stereocenters. The van der Waals surface area contributed by atoms with Gasteiger partial charge in [-0.3, -0.25) is 9.79 Å². The zero-order valence-electron chi connectivity index (χ0n) is 13.0. The number of carbonyl (C=O) groups excluding carboxylic acids is 1. The van der Waals surface area contributed by atoms with Crippen LogP contribution in [0.5, 0.6) is 0 Å². The molecule has 116 valence electrons. The Morgan fingerprint density at radius 1 is 1.19 bits per heavy atom. The Hall–Kier alpha value is -1.43. The number of benzene rings is 1. The number of carbonyl (C=O) groups is 1. The van der Waals surface area contributed by atoms with E-state index in [1.165, 1.54) is 5.56 Å². The van der Waals surface area contributed by atoms with Crippen LogP contribution in [0.1, 0.15) is 29.8 Å². The zero-order chi connectivity index (χ0) is 15.5. The van der Waals surface area contributed by atoms with Gasteiger partial charge in [0.1, 0.15) is 0 Å². The summed E-state index contributed by atoms with van der Waals surface area (Å²) in [5, 5.41) is 8.39. The van der Waals surface area contributed by atoms with Crippen molar-refractivity contribution in [3.05, 3.63) is 35.4 Å². The minimum Gasteiger partial charge on any atom is -0.304 e. The van der Waals surface area contributed by atoms with E-state index in [1.54, 1.807) is 12.1 Å². The molecule has 0 atom stereocenters. The average Bonchev–Trinajstić information content (AvgIpc) is 2.49. The maximum atomic E-state index is 11.2. The first kappa shape index (κ1) is 15.9. The van der Waals surface area contributed by atoms with E-state index >= 15 is 0 Å². The maximum Gasteiger partial charge on any atom is 0.372 e. The molecule has 1 heterocycles. The summed E-state index contributed by atoms with van der Waals surface area (Å²) in [5.74, 6) is -0.724. The van der Waals surface area contributed by atoms with Crippen molar-refractivity contribution in [2.24, 2.45) is 0 Å². The van der Waals surface area contributed by atoms with Gasteiger partial charge in [0.15, 0.2) is 0 Å². The van der Waals surface area contributed by atoms with Gasteiger partial charge in [0.25, 0.3) is 0 Å². The van der Waals surface area contributed by atoms with Crippen LogP contribution in [0.3, 0.4) is 0 Å². The third-order valence-electron chi connectivity index (χ3n) is 4.20. The Bertz CT molecular complexity index is 477. The van der Waals surface area contributed by atoms with Gasteiger partial charge in [-0.1, -0.05) is 26.0 Å². The van der Waals surface area contributed by atoms with Gasteiger partial charge in [-0.2, -0.15) is 5.26 Å². The summed E-state index contributed by atoms with van der Waals surface area (Å²) in [7, 11) is 2.15. The van der Waals surface area contributed by atoms with E-state index in [2.05, 4.69) is 35.6 Å². The molecule has 1 fully saturated rings. The Kier molecular flexibility index (Phi) is 4.98. The molecule has 0 saturated carbocycles. The monoisotopic (exact) mass is 292 g/mol. The molecule has 21 heavy (non-hydrogen) atoms. The van der Waals surface area contributed by atoms with Crippen molar-refractivity contribution in [2.45, 2.75) is 19.3 Å². The molecular formula is C16H24N2O3. The average molecular weight is 292 g/mol. The molecule has 5 nitrogen and oxygen atoms in total. The minimum absolute atomic E-state index is 0.0115. The maximum absolute atomic E-state index is 11.2. The molecular weight excluding hydrogens is 268 g/mol. The van der Waals surface area contributed by atoms with Gasteiger partial charge in [-0.15, -0.1) is 0 Å².